The summed E-state index contributed by atoms with van der Waals surface area (Å²) in [6.45, 7) is 10.8. The molecule has 1 saturated carbocycles. The number of rotatable bonds is 6. The van der Waals surface area contributed by atoms with Crippen molar-refractivity contribution in [3.63, 3.8) is 0 Å². The Balaban J connectivity index is 1.83. The lowest BCUT2D eigenvalue weighted by Gasteiger charge is -2.29. The van der Waals surface area contributed by atoms with Crippen molar-refractivity contribution in [2.75, 3.05) is 0 Å². The first-order valence-corrected chi connectivity index (χ1v) is 12.6. The van der Waals surface area contributed by atoms with Crippen LogP contribution in [0.1, 0.15) is 82.6 Å². The zero-order chi connectivity index (χ0) is 22.9. The first-order valence-electron chi connectivity index (χ1n) is 12.2. The van der Waals surface area contributed by atoms with E-state index in [4.69, 9.17) is 16.3 Å². The van der Waals surface area contributed by atoms with Crippen molar-refractivity contribution < 1.29 is 4.74 Å². The van der Waals surface area contributed by atoms with Crippen molar-refractivity contribution in [3.05, 3.63) is 70.2 Å². The van der Waals surface area contributed by atoms with Crippen molar-refractivity contribution in [1.29, 1.82) is 0 Å². The SMILES string of the molecule is Cc1cc2ccc(CCC3CCCC3)cc2c(-c2ccc(Cl)cc2)c1C(C)OC(C)(C)C. The summed E-state index contributed by atoms with van der Waals surface area (Å²) in [5.41, 5.74) is 6.28. The molecule has 0 amide bonds. The van der Waals surface area contributed by atoms with Gasteiger partial charge in [-0.1, -0.05) is 73.7 Å². The number of halogens is 1. The highest BCUT2D eigenvalue weighted by Gasteiger charge is 2.23. The summed E-state index contributed by atoms with van der Waals surface area (Å²) in [5.74, 6) is 0.912. The molecule has 1 nitrogen and oxygen atoms in total. The zero-order valence-electron chi connectivity index (χ0n) is 20.3. The molecule has 0 heterocycles. The van der Waals surface area contributed by atoms with Crippen molar-refractivity contribution in [2.45, 2.75) is 84.8 Å². The molecule has 2 heteroatoms. The van der Waals surface area contributed by atoms with Crippen LogP contribution in [0.3, 0.4) is 0 Å². The van der Waals surface area contributed by atoms with E-state index < -0.39 is 0 Å². The smallest absolute Gasteiger partial charge is 0.0812 e. The van der Waals surface area contributed by atoms with Crippen LogP contribution in [0.15, 0.2) is 48.5 Å². The molecular weight excluding hydrogens is 412 g/mol. The van der Waals surface area contributed by atoms with Crippen LogP contribution in [0.4, 0.5) is 0 Å². The molecule has 0 aromatic heterocycles. The van der Waals surface area contributed by atoms with Gasteiger partial charge in [-0.3, -0.25) is 0 Å². The fourth-order valence-corrected chi connectivity index (χ4v) is 5.59. The fourth-order valence-electron chi connectivity index (χ4n) is 5.47. The molecule has 0 saturated heterocycles. The molecule has 1 fully saturated rings. The molecule has 1 aliphatic rings. The average molecular weight is 449 g/mol. The first kappa shape index (κ1) is 23.3. The third kappa shape index (κ3) is 5.38. The molecule has 4 rings (SSSR count). The minimum absolute atomic E-state index is 0.00720. The average Bonchev–Trinajstić information content (AvgIpc) is 3.24. The normalized spacial score (nSPS) is 16.1. The molecule has 170 valence electrons. The second-order valence-corrected chi connectivity index (χ2v) is 11.0. The van der Waals surface area contributed by atoms with E-state index in [0.717, 1.165) is 17.4 Å². The molecule has 0 radical (unpaired) electrons. The van der Waals surface area contributed by atoms with Crippen molar-refractivity contribution in [1.82, 2.24) is 0 Å². The van der Waals surface area contributed by atoms with E-state index >= 15 is 0 Å². The summed E-state index contributed by atoms with van der Waals surface area (Å²) in [6, 6.07) is 17.7. The summed E-state index contributed by atoms with van der Waals surface area (Å²) in [6.07, 6.45) is 8.12. The monoisotopic (exact) mass is 448 g/mol. The Hall–Kier alpha value is -1.83. The Kier molecular flexibility index (Phi) is 6.98. The van der Waals surface area contributed by atoms with Gasteiger partial charge < -0.3 is 4.74 Å². The van der Waals surface area contributed by atoms with Gasteiger partial charge >= 0.3 is 0 Å². The summed E-state index contributed by atoms with van der Waals surface area (Å²) >= 11 is 6.24. The van der Waals surface area contributed by atoms with E-state index in [-0.39, 0.29) is 11.7 Å². The van der Waals surface area contributed by atoms with Crippen LogP contribution < -0.4 is 0 Å². The lowest BCUT2D eigenvalue weighted by atomic mass is 9.86. The van der Waals surface area contributed by atoms with E-state index in [2.05, 4.69) is 71.0 Å². The Bertz CT molecular complexity index is 1070. The van der Waals surface area contributed by atoms with Crippen molar-refractivity contribution in [2.24, 2.45) is 5.92 Å². The predicted octanol–water partition coefficient (Wildman–Crippen LogP) is 9.47. The van der Waals surface area contributed by atoms with Gasteiger partial charge in [0.2, 0.25) is 0 Å². The van der Waals surface area contributed by atoms with Crippen molar-refractivity contribution in [3.8, 4) is 11.1 Å². The molecule has 0 spiro atoms. The minimum Gasteiger partial charge on any atom is -0.368 e. The maximum absolute atomic E-state index is 6.46. The number of aryl methyl sites for hydroxylation is 2. The highest BCUT2D eigenvalue weighted by Crippen LogP contribution is 2.41. The largest absolute Gasteiger partial charge is 0.368 e. The van der Waals surface area contributed by atoms with Crippen LogP contribution in [-0.4, -0.2) is 5.60 Å². The van der Waals surface area contributed by atoms with Gasteiger partial charge in [-0.25, -0.2) is 0 Å². The molecule has 0 aliphatic heterocycles. The van der Waals surface area contributed by atoms with Crippen LogP contribution >= 0.6 is 11.6 Å². The third-order valence-corrected chi connectivity index (χ3v) is 7.09. The Morgan fingerprint density at radius 3 is 2.34 bits per heavy atom. The Morgan fingerprint density at radius 1 is 1.00 bits per heavy atom. The minimum atomic E-state index is -0.207. The Labute approximate surface area is 199 Å². The molecule has 1 aliphatic carbocycles. The molecule has 1 unspecified atom stereocenters. The summed E-state index contributed by atoms with van der Waals surface area (Å²) < 4.78 is 6.46. The van der Waals surface area contributed by atoms with E-state index in [1.54, 1.807) is 0 Å². The second kappa shape index (κ2) is 9.57. The van der Waals surface area contributed by atoms with E-state index in [9.17, 15) is 0 Å². The second-order valence-electron chi connectivity index (χ2n) is 10.6. The standard InChI is InChI=1S/C30H37ClO/c1-20-18-25-13-12-23(11-10-22-8-6-7-9-22)19-27(25)29(24-14-16-26(31)17-15-24)28(20)21(2)32-30(3,4)5/h12-19,21-22H,6-11H2,1-5H3. The van der Waals surface area contributed by atoms with E-state index in [0.29, 0.717) is 0 Å². The molecular formula is C30H37ClO. The topological polar surface area (TPSA) is 9.23 Å². The number of ether oxygens (including phenoxy) is 1. The maximum Gasteiger partial charge on any atom is 0.0812 e. The zero-order valence-corrected chi connectivity index (χ0v) is 21.1. The maximum atomic E-state index is 6.46. The first-order chi connectivity index (χ1) is 15.2. The van der Waals surface area contributed by atoms with E-state index in [1.165, 1.54) is 70.7 Å². The Morgan fingerprint density at radius 2 is 1.69 bits per heavy atom. The summed E-state index contributed by atoms with van der Waals surface area (Å²) in [5, 5.41) is 3.38. The quantitative estimate of drug-likeness (QED) is 0.364. The van der Waals surface area contributed by atoms with Crippen LogP contribution in [0, 0.1) is 12.8 Å². The predicted molar refractivity (Wildman–Crippen MR) is 139 cm³/mol. The van der Waals surface area contributed by atoms with Crippen LogP contribution in [-0.2, 0) is 11.2 Å². The van der Waals surface area contributed by atoms with Gasteiger partial charge in [-0.15, -0.1) is 0 Å². The molecule has 0 bridgehead atoms. The van der Waals surface area contributed by atoms with E-state index in [1.807, 2.05) is 12.1 Å². The van der Waals surface area contributed by atoms with Gasteiger partial charge in [0.25, 0.3) is 0 Å². The van der Waals surface area contributed by atoms with Gasteiger partial charge in [0.05, 0.1) is 11.7 Å². The molecule has 3 aromatic rings. The van der Waals surface area contributed by atoms with Crippen LogP contribution in [0.25, 0.3) is 21.9 Å². The fraction of sp³-hybridized carbons (Fsp3) is 0.467. The molecule has 32 heavy (non-hydrogen) atoms. The lowest BCUT2D eigenvalue weighted by Crippen LogP contribution is -2.22. The number of benzene rings is 3. The van der Waals surface area contributed by atoms with Crippen molar-refractivity contribution >= 4 is 22.4 Å². The van der Waals surface area contributed by atoms with Gasteiger partial charge in [-0.2, -0.15) is 0 Å². The third-order valence-electron chi connectivity index (χ3n) is 6.84. The van der Waals surface area contributed by atoms with Gasteiger partial charge in [0.1, 0.15) is 0 Å². The number of hydrogen-bond donors (Lipinski definition) is 0. The summed E-state index contributed by atoms with van der Waals surface area (Å²) in [7, 11) is 0. The highest BCUT2D eigenvalue weighted by atomic mass is 35.5. The van der Waals surface area contributed by atoms with Gasteiger partial charge in [0, 0.05) is 5.02 Å². The molecule has 0 N–H and O–H groups in total. The van der Waals surface area contributed by atoms with Gasteiger partial charge in [0.15, 0.2) is 0 Å². The number of hydrogen-bond acceptors (Lipinski definition) is 1. The molecule has 3 aromatic carbocycles. The van der Waals surface area contributed by atoms with Gasteiger partial charge in [-0.05, 0) is 104 Å². The number of fused-ring (bicyclic) bond motifs is 1. The highest BCUT2D eigenvalue weighted by molar-refractivity contribution is 6.30. The van der Waals surface area contributed by atoms with Crippen LogP contribution in [0.5, 0.6) is 0 Å². The lowest BCUT2D eigenvalue weighted by molar-refractivity contribution is -0.0529. The summed E-state index contributed by atoms with van der Waals surface area (Å²) in [4.78, 5) is 0. The van der Waals surface area contributed by atoms with Crippen LogP contribution in [0.2, 0.25) is 5.02 Å². The molecule has 1 atom stereocenters.